The fraction of sp³-hybridized carbons (Fsp3) is 0.211. The zero-order chi connectivity index (χ0) is 17.6. The van der Waals surface area contributed by atoms with Crippen LogP contribution in [0.3, 0.4) is 0 Å². The maximum atomic E-state index is 12.5. The Morgan fingerprint density at radius 1 is 1.04 bits per heavy atom. The zero-order valence-electron chi connectivity index (χ0n) is 13.9. The van der Waals surface area contributed by atoms with Gasteiger partial charge in [-0.15, -0.1) is 0 Å². The molecular formula is C19H17NO4S. The number of aromatic nitrogens is 1. The van der Waals surface area contributed by atoms with Crippen molar-refractivity contribution in [1.29, 1.82) is 0 Å². The van der Waals surface area contributed by atoms with E-state index in [0.29, 0.717) is 11.7 Å². The number of rotatable bonds is 4. The lowest BCUT2D eigenvalue weighted by molar-refractivity contribution is 0.303. The Balaban J connectivity index is 1.64. The van der Waals surface area contributed by atoms with Gasteiger partial charge >= 0.3 is 0 Å². The summed E-state index contributed by atoms with van der Waals surface area (Å²) in [5.41, 5.74) is 3.57. The summed E-state index contributed by atoms with van der Waals surface area (Å²) in [6.07, 6.45) is 0. The van der Waals surface area contributed by atoms with Gasteiger partial charge in [0, 0.05) is 5.56 Å². The van der Waals surface area contributed by atoms with Gasteiger partial charge < -0.3 is 4.42 Å². The van der Waals surface area contributed by atoms with Crippen LogP contribution in [0.15, 0.2) is 57.8 Å². The summed E-state index contributed by atoms with van der Waals surface area (Å²) in [4.78, 5) is 4.67. The van der Waals surface area contributed by atoms with Crippen LogP contribution in [-0.2, 0) is 14.3 Å². The molecule has 0 saturated carbocycles. The highest BCUT2D eigenvalue weighted by Crippen LogP contribution is 2.35. The molecule has 128 valence electrons. The molecule has 0 amide bonds. The van der Waals surface area contributed by atoms with Crippen LogP contribution in [0.1, 0.15) is 28.5 Å². The number of hydrogen-bond donors (Lipinski definition) is 0. The van der Waals surface area contributed by atoms with E-state index in [-0.39, 0.29) is 17.4 Å². The van der Waals surface area contributed by atoms with Crippen LogP contribution in [0, 0.1) is 13.8 Å². The van der Waals surface area contributed by atoms with Crippen molar-refractivity contribution in [1.82, 2.24) is 4.98 Å². The van der Waals surface area contributed by atoms with E-state index in [2.05, 4.69) is 4.98 Å². The zero-order valence-corrected chi connectivity index (χ0v) is 14.7. The topological polar surface area (TPSA) is 69.4 Å². The molecule has 0 N–H and O–H groups in total. The van der Waals surface area contributed by atoms with E-state index in [1.807, 2.05) is 38.1 Å². The first-order chi connectivity index (χ1) is 11.9. The summed E-state index contributed by atoms with van der Waals surface area (Å²) in [6.45, 7) is 3.71. The average molecular weight is 355 g/mol. The fourth-order valence-corrected chi connectivity index (χ4v) is 3.90. The summed E-state index contributed by atoms with van der Waals surface area (Å²) in [5, 5.41) is 0. The van der Waals surface area contributed by atoms with Crippen LogP contribution < -0.4 is 0 Å². The van der Waals surface area contributed by atoms with Crippen molar-refractivity contribution in [2.24, 2.45) is 0 Å². The Labute approximate surface area is 146 Å². The molecule has 5 rings (SSSR count). The summed E-state index contributed by atoms with van der Waals surface area (Å²) in [7, 11) is -3.83. The molecule has 25 heavy (non-hydrogen) atoms. The Morgan fingerprint density at radius 2 is 1.72 bits per heavy atom. The summed E-state index contributed by atoms with van der Waals surface area (Å²) >= 11 is 0. The van der Waals surface area contributed by atoms with Crippen LogP contribution in [0.5, 0.6) is 0 Å². The highest BCUT2D eigenvalue weighted by atomic mass is 32.2. The third-order valence-electron chi connectivity index (χ3n) is 4.42. The third kappa shape index (κ3) is 2.88. The van der Waals surface area contributed by atoms with Gasteiger partial charge in [-0.2, -0.15) is 8.42 Å². The van der Waals surface area contributed by atoms with Crippen LogP contribution in [0.25, 0.3) is 11.5 Å². The van der Waals surface area contributed by atoms with Crippen molar-refractivity contribution in [3.05, 3.63) is 71.1 Å². The van der Waals surface area contributed by atoms with Crippen molar-refractivity contribution < 1.29 is 17.0 Å². The van der Waals surface area contributed by atoms with E-state index < -0.39 is 10.1 Å². The molecule has 0 spiro atoms. The Kier molecular flexibility index (Phi) is 3.74. The quantitative estimate of drug-likeness (QED) is 0.666. The van der Waals surface area contributed by atoms with Gasteiger partial charge in [-0.05, 0) is 43.7 Å². The lowest BCUT2D eigenvalue weighted by Gasteiger charge is -2.17. The molecule has 2 aliphatic heterocycles. The first-order valence-electron chi connectivity index (χ1n) is 7.98. The van der Waals surface area contributed by atoms with E-state index >= 15 is 0 Å². The molecular weight excluding hydrogens is 338 g/mol. The highest BCUT2D eigenvalue weighted by Gasteiger charge is 2.27. The molecule has 3 heterocycles. The molecule has 0 aliphatic carbocycles. The molecule has 0 saturated heterocycles. The smallest absolute Gasteiger partial charge is 0.297 e. The maximum Gasteiger partial charge on any atom is 0.297 e. The summed E-state index contributed by atoms with van der Waals surface area (Å²) < 4.78 is 36.0. The van der Waals surface area contributed by atoms with E-state index in [1.165, 1.54) is 0 Å². The second kappa shape index (κ2) is 5.82. The predicted octanol–water partition coefficient (Wildman–Crippen LogP) is 3.81. The van der Waals surface area contributed by atoms with Gasteiger partial charge in [-0.1, -0.05) is 29.8 Å². The minimum atomic E-state index is -3.83. The van der Waals surface area contributed by atoms with Gasteiger partial charge in [0.15, 0.2) is 0 Å². The Hall–Kier alpha value is -2.44. The molecule has 2 aliphatic rings. The van der Waals surface area contributed by atoms with Crippen molar-refractivity contribution >= 4 is 10.1 Å². The van der Waals surface area contributed by atoms with Gasteiger partial charge in [0.05, 0.1) is 23.1 Å². The minimum Gasteiger partial charge on any atom is -0.441 e. The maximum absolute atomic E-state index is 12.5. The number of hydrogen-bond acceptors (Lipinski definition) is 5. The molecule has 2 aromatic carbocycles. The lowest BCUT2D eigenvalue weighted by Crippen LogP contribution is -2.16. The normalized spacial score (nSPS) is 15.8. The molecule has 4 bridgehead atoms. The molecule has 5 nitrogen and oxygen atoms in total. The molecule has 1 unspecified atom stereocenters. The van der Waals surface area contributed by atoms with Crippen molar-refractivity contribution in [2.75, 3.05) is 6.61 Å². The molecule has 6 heteroatoms. The summed E-state index contributed by atoms with van der Waals surface area (Å²) in [6, 6.07) is 14.4. The van der Waals surface area contributed by atoms with Gasteiger partial charge in [0.2, 0.25) is 5.89 Å². The van der Waals surface area contributed by atoms with E-state index in [9.17, 15) is 8.42 Å². The van der Waals surface area contributed by atoms with Gasteiger partial charge in [-0.25, -0.2) is 4.98 Å². The van der Waals surface area contributed by atoms with Crippen molar-refractivity contribution in [3.8, 4) is 11.5 Å². The van der Waals surface area contributed by atoms with Crippen molar-refractivity contribution in [2.45, 2.75) is 24.7 Å². The van der Waals surface area contributed by atoms with E-state index in [4.69, 9.17) is 8.60 Å². The van der Waals surface area contributed by atoms with Gasteiger partial charge in [0.1, 0.15) is 5.76 Å². The highest BCUT2D eigenvalue weighted by molar-refractivity contribution is 7.86. The van der Waals surface area contributed by atoms with E-state index in [0.717, 1.165) is 22.4 Å². The van der Waals surface area contributed by atoms with Crippen LogP contribution in [-0.4, -0.2) is 20.0 Å². The average Bonchev–Trinajstić information content (AvgIpc) is 2.99. The Morgan fingerprint density at radius 3 is 2.40 bits per heavy atom. The number of benzene rings is 2. The second-order valence-electron chi connectivity index (χ2n) is 6.19. The van der Waals surface area contributed by atoms with Crippen LogP contribution in [0.4, 0.5) is 0 Å². The number of nitrogens with zero attached hydrogens (tertiary/aromatic N) is 1. The minimum absolute atomic E-state index is 0.0254. The Bertz CT molecular complexity index is 1020. The number of oxazole rings is 1. The van der Waals surface area contributed by atoms with Crippen molar-refractivity contribution in [3.63, 3.8) is 0 Å². The first kappa shape index (κ1) is 16.1. The van der Waals surface area contributed by atoms with Gasteiger partial charge in [0.25, 0.3) is 10.1 Å². The molecule has 1 atom stereocenters. The van der Waals surface area contributed by atoms with Crippen LogP contribution >= 0.6 is 0 Å². The third-order valence-corrected chi connectivity index (χ3v) is 5.72. The van der Waals surface area contributed by atoms with Gasteiger partial charge in [-0.3, -0.25) is 4.18 Å². The van der Waals surface area contributed by atoms with E-state index in [1.54, 1.807) is 24.3 Å². The molecule has 0 radical (unpaired) electrons. The lowest BCUT2D eigenvalue weighted by atomic mass is 9.94. The first-order valence-corrected chi connectivity index (χ1v) is 9.38. The standard InChI is InChI=1S/C19H17NO4S/c1-12-3-9-16(10-4-12)25(21,22)23-11-17-14-5-7-15(8-6-14)19-20-18(17)13(2)24-19/h3-10,17H,11H2,1-2H3. The second-order valence-corrected chi connectivity index (χ2v) is 7.80. The number of fused-ring (bicyclic) bond motifs is 2. The SMILES string of the molecule is Cc1ccc(S(=O)(=O)OCC2c3ccc(cc3)-c3nc2c(C)o3)cc1. The molecule has 0 fully saturated rings. The largest absolute Gasteiger partial charge is 0.441 e. The van der Waals surface area contributed by atoms with Crippen LogP contribution in [0.2, 0.25) is 0 Å². The number of aryl methyl sites for hydroxylation is 2. The predicted molar refractivity (Wildman–Crippen MR) is 92.8 cm³/mol. The molecule has 1 aromatic heterocycles. The molecule has 3 aromatic rings. The summed E-state index contributed by atoms with van der Waals surface area (Å²) in [5.74, 6) is 0.927. The fourth-order valence-electron chi connectivity index (χ4n) is 2.98. The monoisotopic (exact) mass is 355 g/mol.